The van der Waals surface area contributed by atoms with Crippen molar-refractivity contribution < 1.29 is 51.2 Å². The Morgan fingerprint density at radius 3 is 1.57 bits per heavy atom. The van der Waals surface area contributed by atoms with Crippen molar-refractivity contribution in [2.24, 2.45) is 0 Å². The van der Waals surface area contributed by atoms with Gasteiger partial charge in [0.25, 0.3) is 0 Å². The summed E-state index contributed by atoms with van der Waals surface area (Å²) in [6.45, 7) is 3.88. The van der Waals surface area contributed by atoms with E-state index in [0.29, 0.717) is 48.4 Å². The molecule has 1 amide bonds. The Morgan fingerprint density at radius 1 is 0.694 bits per heavy atom. The van der Waals surface area contributed by atoms with E-state index >= 15 is 0 Å². The fourth-order valence-corrected chi connectivity index (χ4v) is 5.27. The molecule has 0 atom stereocenters. The number of hydrogen-bond acceptors (Lipinski definition) is 9. The van der Waals surface area contributed by atoms with Gasteiger partial charge in [-0.2, -0.15) is 0 Å². The lowest BCUT2D eigenvalue weighted by atomic mass is 9.94. The van der Waals surface area contributed by atoms with Crippen LogP contribution in [0.4, 0.5) is 29.2 Å². The Hall–Kier alpha value is -5.60. The van der Waals surface area contributed by atoms with Gasteiger partial charge in [0.05, 0.1) is 10.8 Å². The Bertz CT molecular complexity index is 1880. The summed E-state index contributed by atoms with van der Waals surface area (Å²) in [4.78, 5) is 31.7. The first-order valence-corrected chi connectivity index (χ1v) is 15.1. The second-order valence-electron chi connectivity index (χ2n) is 12.1. The number of aliphatic carboxylic acids is 1. The number of anilines is 2. The van der Waals surface area contributed by atoms with Gasteiger partial charge in [-0.25, -0.2) is 9.97 Å². The molecule has 2 aromatic heterocycles. The summed E-state index contributed by atoms with van der Waals surface area (Å²) in [6.07, 6.45) is -1.61. The Balaban J connectivity index is 0.000000144. The molecule has 2 fully saturated rings. The zero-order valence-corrected chi connectivity index (χ0v) is 26.1. The number of carbonyl (C=O) groups excluding carboxylic acids is 1. The summed E-state index contributed by atoms with van der Waals surface area (Å²) in [6, 6.07) is 15.9. The van der Waals surface area contributed by atoms with E-state index in [9.17, 15) is 27.2 Å². The van der Waals surface area contributed by atoms with E-state index < -0.39 is 29.4 Å². The number of ether oxygens (including phenoxy) is 4. The molecule has 0 saturated heterocycles. The SMILES string of the molecule is Cc1ccc(N)nc1.Cc1ccc(NC(=O)C2(c3ccc4c(c3)OC(F)(F)O4)CC2)nc1.O=C(O)C1(c2ccc3c(c2)OC(F)(F)O3)CC1. The summed E-state index contributed by atoms with van der Waals surface area (Å²) in [5.41, 5.74) is 6.89. The van der Waals surface area contributed by atoms with Gasteiger partial charge in [0.1, 0.15) is 11.6 Å². The number of hydrogen-bond donors (Lipinski definition) is 3. The molecule has 15 heteroatoms. The molecule has 4 heterocycles. The standard InChI is InChI=1S/C17H14F2N2O3.C11H8F2O4.C6H8N2/c1-10-2-5-14(20-9-10)21-15(22)16(6-7-16)11-3-4-12-13(8-11)24-17(18,19)23-12;12-11(13)16-7-2-1-6(5-8(7)17-11)10(3-4-10)9(14)15;1-5-2-3-6(7)8-4-5/h2-5,8-9H,6-7H2,1H3,(H,20,21,22);1-2,5H,3-4H2,(H,14,15);2-4H,1H3,(H2,7,8). The molecule has 4 aliphatic rings. The minimum atomic E-state index is -3.67. The third-order valence-corrected chi connectivity index (χ3v) is 8.34. The van der Waals surface area contributed by atoms with Gasteiger partial charge >= 0.3 is 18.6 Å². The third-order valence-electron chi connectivity index (χ3n) is 8.34. The van der Waals surface area contributed by atoms with E-state index in [1.807, 2.05) is 26.0 Å². The van der Waals surface area contributed by atoms with Crippen molar-refractivity contribution in [3.63, 3.8) is 0 Å². The van der Waals surface area contributed by atoms with Crippen LogP contribution in [0.25, 0.3) is 0 Å². The van der Waals surface area contributed by atoms with Crippen LogP contribution < -0.4 is 30.0 Å². The van der Waals surface area contributed by atoms with Crippen LogP contribution in [0.2, 0.25) is 0 Å². The first-order valence-electron chi connectivity index (χ1n) is 15.1. The molecule has 4 N–H and O–H groups in total. The number of pyridine rings is 2. The number of carboxylic acid groups (broad SMARTS) is 1. The summed E-state index contributed by atoms with van der Waals surface area (Å²) in [7, 11) is 0. The molecule has 2 aliphatic heterocycles. The summed E-state index contributed by atoms with van der Waals surface area (Å²) >= 11 is 0. The molecule has 0 unspecified atom stereocenters. The van der Waals surface area contributed by atoms with Gasteiger partial charge in [-0.05, 0) is 98.2 Å². The highest BCUT2D eigenvalue weighted by atomic mass is 19.3. The highest BCUT2D eigenvalue weighted by molar-refractivity contribution is 6.01. The van der Waals surface area contributed by atoms with Crippen LogP contribution >= 0.6 is 0 Å². The number of nitrogens with two attached hydrogens (primary N) is 1. The number of fused-ring (bicyclic) bond motifs is 2. The van der Waals surface area contributed by atoms with E-state index in [4.69, 9.17) is 10.8 Å². The number of rotatable bonds is 5. The molecule has 256 valence electrons. The normalized spacial score (nSPS) is 18.5. The maximum atomic E-state index is 13.1. The zero-order chi connectivity index (χ0) is 35.2. The topological polar surface area (TPSA) is 155 Å². The van der Waals surface area contributed by atoms with Gasteiger partial charge in [0, 0.05) is 12.4 Å². The monoisotopic (exact) mass is 682 g/mol. The number of benzene rings is 2. The van der Waals surface area contributed by atoms with Crippen LogP contribution in [0.1, 0.15) is 47.9 Å². The van der Waals surface area contributed by atoms with Crippen LogP contribution in [0.5, 0.6) is 23.0 Å². The minimum Gasteiger partial charge on any atom is -0.481 e. The van der Waals surface area contributed by atoms with Crippen molar-refractivity contribution in [2.75, 3.05) is 11.1 Å². The number of alkyl halides is 4. The van der Waals surface area contributed by atoms with Gasteiger partial charge in [-0.15, -0.1) is 17.6 Å². The second-order valence-corrected chi connectivity index (χ2v) is 12.1. The van der Waals surface area contributed by atoms with Gasteiger partial charge in [-0.3, -0.25) is 9.59 Å². The molecule has 11 nitrogen and oxygen atoms in total. The molecule has 0 radical (unpaired) electrons. The Morgan fingerprint density at radius 2 is 1.16 bits per heavy atom. The largest absolute Gasteiger partial charge is 0.586 e. The van der Waals surface area contributed by atoms with Crippen LogP contribution in [0, 0.1) is 13.8 Å². The average Bonchev–Trinajstić information content (AvgIpc) is 3.96. The number of halogens is 4. The van der Waals surface area contributed by atoms with Crippen molar-refractivity contribution in [1.29, 1.82) is 0 Å². The molecule has 0 spiro atoms. The van der Waals surface area contributed by atoms with Crippen LogP contribution in [0.15, 0.2) is 73.1 Å². The van der Waals surface area contributed by atoms with Crippen molar-refractivity contribution in [1.82, 2.24) is 9.97 Å². The number of amides is 1. The molecule has 4 aromatic rings. The van der Waals surface area contributed by atoms with Gasteiger partial charge in [0.15, 0.2) is 23.0 Å². The van der Waals surface area contributed by atoms with E-state index in [-0.39, 0.29) is 28.9 Å². The molecule has 2 aliphatic carbocycles. The number of carboxylic acids is 1. The summed E-state index contributed by atoms with van der Waals surface area (Å²) < 4.78 is 69.2. The highest BCUT2D eigenvalue weighted by Crippen LogP contribution is 2.53. The third kappa shape index (κ3) is 7.15. The summed E-state index contributed by atoms with van der Waals surface area (Å²) in [5.74, 6) is -0.363. The number of carbonyl (C=O) groups is 2. The quantitative estimate of drug-likeness (QED) is 0.199. The van der Waals surface area contributed by atoms with Crippen molar-refractivity contribution in [3.8, 4) is 23.0 Å². The smallest absolute Gasteiger partial charge is 0.481 e. The molecule has 8 rings (SSSR count). The van der Waals surface area contributed by atoms with Crippen LogP contribution in [-0.4, -0.2) is 39.5 Å². The lowest BCUT2D eigenvalue weighted by Gasteiger charge is -2.16. The van der Waals surface area contributed by atoms with E-state index in [2.05, 4.69) is 34.2 Å². The second kappa shape index (κ2) is 12.1. The number of aryl methyl sites for hydroxylation is 2. The van der Waals surface area contributed by atoms with E-state index in [0.717, 1.165) is 11.1 Å². The molecule has 2 aromatic carbocycles. The Labute approximate surface area is 277 Å². The fraction of sp³-hybridized carbons (Fsp3) is 0.294. The van der Waals surface area contributed by atoms with Crippen LogP contribution in [-0.2, 0) is 20.4 Å². The predicted octanol–water partition coefficient (Wildman–Crippen LogP) is 6.48. The van der Waals surface area contributed by atoms with Crippen molar-refractivity contribution in [2.45, 2.75) is 63.0 Å². The predicted molar refractivity (Wildman–Crippen MR) is 166 cm³/mol. The van der Waals surface area contributed by atoms with E-state index in [1.54, 1.807) is 30.6 Å². The molecule has 49 heavy (non-hydrogen) atoms. The molecule has 2 saturated carbocycles. The molecular formula is C34H30F4N4O7. The Kier molecular flexibility index (Phi) is 8.25. The first-order chi connectivity index (χ1) is 23.1. The maximum Gasteiger partial charge on any atom is 0.586 e. The van der Waals surface area contributed by atoms with E-state index in [1.165, 1.54) is 30.3 Å². The number of nitrogen functional groups attached to an aromatic ring is 1. The lowest BCUT2D eigenvalue weighted by Crippen LogP contribution is -2.28. The number of aromatic nitrogens is 2. The average molecular weight is 683 g/mol. The van der Waals surface area contributed by atoms with Gasteiger partial charge < -0.3 is 35.1 Å². The first kappa shape index (κ1) is 33.3. The lowest BCUT2D eigenvalue weighted by molar-refractivity contribution is -0.287. The highest BCUT2D eigenvalue weighted by Gasteiger charge is 2.54. The molecule has 0 bridgehead atoms. The van der Waals surface area contributed by atoms with Crippen molar-refractivity contribution in [3.05, 3.63) is 95.3 Å². The minimum absolute atomic E-state index is 0.0276. The van der Waals surface area contributed by atoms with Gasteiger partial charge in [-0.1, -0.05) is 24.3 Å². The number of nitrogens with zero attached hydrogens (tertiary/aromatic N) is 2. The van der Waals surface area contributed by atoms with Crippen LogP contribution in [0.3, 0.4) is 0 Å². The zero-order valence-electron chi connectivity index (χ0n) is 26.1. The van der Waals surface area contributed by atoms with Gasteiger partial charge in [0.2, 0.25) is 5.91 Å². The maximum absolute atomic E-state index is 13.1. The summed E-state index contributed by atoms with van der Waals surface area (Å²) in [5, 5.41) is 11.9. The number of nitrogens with one attached hydrogen (secondary N) is 1. The molecular weight excluding hydrogens is 652 g/mol. The van der Waals surface area contributed by atoms with Crippen molar-refractivity contribution >= 4 is 23.5 Å². The fourth-order valence-electron chi connectivity index (χ4n) is 5.27.